The molecule has 0 bridgehead atoms. The Labute approximate surface area is 153 Å². The van der Waals surface area contributed by atoms with Crippen LogP contribution in [0.5, 0.6) is 0 Å². The molecule has 0 spiro atoms. The number of anilines is 1. The molecule has 7 nitrogen and oxygen atoms in total. The Morgan fingerprint density at radius 1 is 1.27 bits per heavy atom. The summed E-state index contributed by atoms with van der Waals surface area (Å²) < 4.78 is 25.2. The smallest absolute Gasteiger partial charge is 0.226 e. The quantitative estimate of drug-likeness (QED) is 0.806. The van der Waals surface area contributed by atoms with Gasteiger partial charge >= 0.3 is 0 Å². The minimum atomic E-state index is -3.23. The lowest BCUT2D eigenvalue weighted by atomic mass is 10.0. The number of aliphatic hydroxyl groups is 1. The monoisotopic (exact) mass is 374 g/mol. The summed E-state index contributed by atoms with van der Waals surface area (Å²) in [5, 5.41) is 9.57. The molecule has 4 rings (SSSR count). The van der Waals surface area contributed by atoms with Gasteiger partial charge in [0.25, 0.3) is 0 Å². The minimum absolute atomic E-state index is 0.255. The standard InChI is InChI=1S/C18H22N4O3S/c1-26(24,25)19-9-12-4-2-5-13(8-12)17-15-6-3-7-16(15)20-18(21-17)22-10-14(23)11-22/h2,4-5,8,14,19,23H,3,6-7,9-11H2,1H3. The van der Waals surface area contributed by atoms with Crippen molar-refractivity contribution in [1.82, 2.24) is 14.7 Å². The fourth-order valence-electron chi connectivity index (χ4n) is 3.46. The number of nitrogens with zero attached hydrogens (tertiary/aromatic N) is 3. The van der Waals surface area contributed by atoms with Crippen LogP contribution in [0.4, 0.5) is 5.95 Å². The van der Waals surface area contributed by atoms with Crippen molar-refractivity contribution in [2.45, 2.75) is 31.9 Å². The van der Waals surface area contributed by atoms with Gasteiger partial charge in [0.05, 0.1) is 18.1 Å². The Kier molecular flexibility index (Phi) is 4.42. The number of hydrogen-bond donors (Lipinski definition) is 2. The first-order valence-electron chi connectivity index (χ1n) is 8.76. The van der Waals surface area contributed by atoms with Crippen LogP contribution in [-0.2, 0) is 29.4 Å². The average molecular weight is 374 g/mol. The maximum absolute atomic E-state index is 11.3. The van der Waals surface area contributed by atoms with Gasteiger partial charge in [-0.25, -0.2) is 23.1 Å². The molecule has 2 aliphatic rings. The number of aryl methyl sites for hydroxylation is 1. The number of aliphatic hydroxyl groups excluding tert-OH is 1. The van der Waals surface area contributed by atoms with E-state index in [0.29, 0.717) is 19.0 Å². The normalized spacial score (nSPS) is 17.2. The summed E-state index contributed by atoms with van der Waals surface area (Å²) in [6.07, 6.45) is 3.82. The van der Waals surface area contributed by atoms with Gasteiger partial charge in [-0.3, -0.25) is 0 Å². The van der Waals surface area contributed by atoms with E-state index in [9.17, 15) is 13.5 Å². The molecule has 1 aliphatic carbocycles. The van der Waals surface area contributed by atoms with Crippen molar-refractivity contribution in [3.05, 3.63) is 41.1 Å². The Hall–Kier alpha value is -2.03. The molecule has 0 radical (unpaired) electrons. The summed E-state index contributed by atoms with van der Waals surface area (Å²) in [7, 11) is -3.23. The Bertz CT molecular complexity index is 939. The fourth-order valence-corrected chi connectivity index (χ4v) is 3.89. The highest BCUT2D eigenvalue weighted by Gasteiger charge is 2.29. The van der Waals surface area contributed by atoms with Gasteiger partial charge in [-0.2, -0.15) is 0 Å². The van der Waals surface area contributed by atoms with Crippen LogP contribution in [0, 0.1) is 0 Å². The summed E-state index contributed by atoms with van der Waals surface area (Å²) >= 11 is 0. The van der Waals surface area contributed by atoms with E-state index >= 15 is 0 Å². The van der Waals surface area contributed by atoms with Crippen molar-refractivity contribution >= 4 is 16.0 Å². The van der Waals surface area contributed by atoms with Gasteiger partial charge in [0, 0.05) is 36.5 Å². The van der Waals surface area contributed by atoms with E-state index in [4.69, 9.17) is 9.97 Å². The van der Waals surface area contributed by atoms with Gasteiger partial charge in [0.2, 0.25) is 16.0 Å². The summed E-state index contributed by atoms with van der Waals surface area (Å²) in [5.74, 6) is 0.672. The summed E-state index contributed by atoms with van der Waals surface area (Å²) in [6.45, 7) is 1.39. The second-order valence-electron chi connectivity index (χ2n) is 7.00. The molecule has 2 heterocycles. The molecule has 0 amide bonds. The molecule has 1 aromatic heterocycles. The molecule has 0 unspecified atom stereocenters. The van der Waals surface area contributed by atoms with Crippen LogP contribution >= 0.6 is 0 Å². The van der Waals surface area contributed by atoms with Crippen molar-refractivity contribution in [1.29, 1.82) is 0 Å². The van der Waals surface area contributed by atoms with E-state index in [1.165, 1.54) is 5.56 Å². The highest BCUT2D eigenvalue weighted by molar-refractivity contribution is 7.88. The van der Waals surface area contributed by atoms with Gasteiger partial charge in [-0.1, -0.05) is 18.2 Å². The second kappa shape index (κ2) is 6.61. The van der Waals surface area contributed by atoms with Crippen molar-refractivity contribution in [3.8, 4) is 11.3 Å². The lowest BCUT2D eigenvalue weighted by Gasteiger charge is -2.36. The molecule has 0 atom stereocenters. The first-order chi connectivity index (χ1) is 12.4. The third-order valence-electron chi connectivity index (χ3n) is 4.81. The van der Waals surface area contributed by atoms with Crippen molar-refractivity contribution in [2.24, 2.45) is 0 Å². The number of hydrogen-bond acceptors (Lipinski definition) is 6. The van der Waals surface area contributed by atoms with Crippen LogP contribution in [-0.4, -0.2) is 48.9 Å². The van der Waals surface area contributed by atoms with E-state index in [2.05, 4.69) is 4.72 Å². The molecule has 8 heteroatoms. The third kappa shape index (κ3) is 3.58. The summed E-state index contributed by atoms with van der Waals surface area (Å²) in [6, 6.07) is 7.80. The number of benzene rings is 1. The van der Waals surface area contributed by atoms with Gasteiger partial charge < -0.3 is 10.0 Å². The first-order valence-corrected chi connectivity index (χ1v) is 10.6. The molecule has 1 saturated heterocycles. The lowest BCUT2D eigenvalue weighted by Crippen LogP contribution is -2.51. The number of fused-ring (bicyclic) bond motifs is 1. The zero-order valence-electron chi connectivity index (χ0n) is 14.6. The number of sulfonamides is 1. The highest BCUT2D eigenvalue weighted by atomic mass is 32.2. The predicted molar refractivity (Wildman–Crippen MR) is 99.4 cm³/mol. The van der Waals surface area contributed by atoms with Gasteiger partial charge in [0.15, 0.2) is 0 Å². The zero-order chi connectivity index (χ0) is 18.3. The summed E-state index contributed by atoms with van der Waals surface area (Å²) in [4.78, 5) is 11.5. The maximum Gasteiger partial charge on any atom is 0.226 e. The van der Waals surface area contributed by atoms with Crippen LogP contribution in [0.15, 0.2) is 24.3 Å². The van der Waals surface area contributed by atoms with Gasteiger partial charge in [-0.05, 0) is 30.9 Å². The van der Waals surface area contributed by atoms with E-state index in [1.807, 2.05) is 29.2 Å². The second-order valence-corrected chi connectivity index (χ2v) is 8.84. The molecule has 2 N–H and O–H groups in total. The number of rotatable bonds is 5. The van der Waals surface area contributed by atoms with Crippen LogP contribution in [0.25, 0.3) is 11.3 Å². The van der Waals surface area contributed by atoms with E-state index < -0.39 is 10.0 Å². The first kappa shape index (κ1) is 17.4. The topological polar surface area (TPSA) is 95.4 Å². The van der Waals surface area contributed by atoms with Crippen LogP contribution in [0.3, 0.4) is 0 Å². The minimum Gasteiger partial charge on any atom is -0.389 e. The molecule has 1 fully saturated rings. The van der Waals surface area contributed by atoms with Crippen molar-refractivity contribution < 1.29 is 13.5 Å². The summed E-state index contributed by atoms with van der Waals surface area (Å²) in [5.41, 5.74) is 5.05. The highest BCUT2D eigenvalue weighted by Crippen LogP contribution is 2.33. The van der Waals surface area contributed by atoms with Gasteiger partial charge in [-0.15, -0.1) is 0 Å². The van der Waals surface area contributed by atoms with Crippen molar-refractivity contribution in [3.63, 3.8) is 0 Å². The molecule has 0 saturated carbocycles. The van der Waals surface area contributed by atoms with Gasteiger partial charge in [0.1, 0.15) is 0 Å². The SMILES string of the molecule is CS(=O)(=O)NCc1cccc(-c2nc(N3CC(O)C3)nc3c2CCC3)c1. The van der Waals surface area contributed by atoms with Crippen molar-refractivity contribution in [2.75, 3.05) is 24.2 Å². The van der Waals surface area contributed by atoms with Crippen LogP contribution in [0.1, 0.15) is 23.2 Å². The molecule has 2 aromatic rings. The molecular weight excluding hydrogens is 352 g/mol. The van der Waals surface area contributed by atoms with E-state index in [1.54, 1.807) is 0 Å². The third-order valence-corrected chi connectivity index (χ3v) is 5.47. The number of β-amino-alcohol motifs (C(OH)–C–C–N with tert-alkyl or cyclic N) is 1. The fraction of sp³-hybridized carbons (Fsp3) is 0.444. The Morgan fingerprint density at radius 2 is 2.08 bits per heavy atom. The maximum atomic E-state index is 11.3. The van der Waals surface area contributed by atoms with E-state index in [0.717, 1.165) is 48.0 Å². The Morgan fingerprint density at radius 3 is 2.81 bits per heavy atom. The van der Waals surface area contributed by atoms with E-state index in [-0.39, 0.29) is 12.6 Å². The van der Waals surface area contributed by atoms with Crippen LogP contribution < -0.4 is 9.62 Å². The van der Waals surface area contributed by atoms with Crippen LogP contribution in [0.2, 0.25) is 0 Å². The number of aromatic nitrogens is 2. The Balaban J connectivity index is 1.69. The average Bonchev–Trinajstić information content (AvgIpc) is 3.04. The molecule has 1 aromatic carbocycles. The largest absolute Gasteiger partial charge is 0.389 e. The predicted octanol–water partition coefficient (Wildman–Crippen LogP) is 0.862. The molecular formula is C18H22N4O3S. The lowest BCUT2D eigenvalue weighted by molar-refractivity contribution is 0.140. The molecule has 1 aliphatic heterocycles. The zero-order valence-corrected chi connectivity index (χ0v) is 15.5. The molecule has 26 heavy (non-hydrogen) atoms. The number of nitrogens with one attached hydrogen (secondary N) is 1. The molecule has 138 valence electrons.